The average Bonchev–Trinajstić information content (AvgIpc) is 2.76. The Kier molecular flexibility index (Phi) is 3.00. The zero-order valence-corrected chi connectivity index (χ0v) is 8.91. The quantitative estimate of drug-likeness (QED) is 0.558. The van der Waals surface area contributed by atoms with Gasteiger partial charge < -0.3 is 5.21 Å². The molecule has 0 amide bonds. The Morgan fingerprint density at radius 3 is 2.71 bits per heavy atom. The van der Waals surface area contributed by atoms with Gasteiger partial charge in [-0.05, 0) is 22.4 Å². The molecule has 0 bridgehead atoms. The number of hydrogen-bond acceptors (Lipinski definition) is 3. The summed E-state index contributed by atoms with van der Waals surface area (Å²) < 4.78 is 0. The maximum Gasteiger partial charge on any atom is 0.291 e. The summed E-state index contributed by atoms with van der Waals surface area (Å²) in [5, 5.41) is 16.3. The van der Waals surface area contributed by atoms with Crippen LogP contribution in [0, 0.1) is 10.1 Å². The van der Waals surface area contributed by atoms with Crippen LogP contribution < -0.4 is 0 Å². The van der Waals surface area contributed by atoms with E-state index in [9.17, 15) is 0 Å². The number of benzene rings is 2. The lowest BCUT2D eigenvalue weighted by Gasteiger charge is -2.02. The molecule has 1 aliphatic heterocycles. The molecule has 0 saturated heterocycles. The van der Waals surface area contributed by atoms with Crippen molar-refractivity contribution >= 4 is 22.7 Å². The molecule has 0 aliphatic carbocycles. The lowest BCUT2D eigenvalue weighted by Crippen LogP contribution is -1.82. The molecule has 0 aromatic heterocycles. The molecule has 0 fully saturated rings. The molecule has 86 valence electrons. The fourth-order valence-corrected chi connectivity index (χ4v) is 1.90. The first-order chi connectivity index (χ1) is 8.18. The van der Waals surface area contributed by atoms with E-state index in [0.717, 1.165) is 12.1 Å². The van der Waals surface area contributed by atoms with E-state index in [2.05, 4.69) is 41.4 Å². The van der Waals surface area contributed by atoms with E-state index >= 15 is 0 Å². The fraction of sp³-hybridized carbons (Fsp3) is 0.0833. The molecule has 1 aliphatic rings. The van der Waals surface area contributed by atoms with Crippen molar-refractivity contribution in [3.63, 3.8) is 0 Å². The molecule has 0 saturated carbocycles. The highest BCUT2D eigenvalue weighted by Gasteiger charge is 2.08. The van der Waals surface area contributed by atoms with E-state index in [0.29, 0.717) is 0 Å². The molecule has 2 aromatic rings. The van der Waals surface area contributed by atoms with E-state index in [4.69, 9.17) is 15.3 Å². The first-order valence-corrected chi connectivity index (χ1v) is 5.05. The van der Waals surface area contributed by atoms with Crippen LogP contribution in [0.15, 0.2) is 41.4 Å². The summed E-state index contributed by atoms with van der Waals surface area (Å²) in [5.74, 6) is 0. The smallest absolute Gasteiger partial charge is 0.291 e. The van der Waals surface area contributed by atoms with Crippen LogP contribution in [0.2, 0.25) is 0 Å². The molecular weight excluding hydrogens is 220 g/mol. The van der Waals surface area contributed by atoms with Crippen LogP contribution in [0.3, 0.4) is 0 Å². The van der Waals surface area contributed by atoms with Crippen molar-refractivity contribution in [1.82, 2.24) is 0 Å². The summed E-state index contributed by atoms with van der Waals surface area (Å²) in [5.41, 5.74) is 2.51. The van der Waals surface area contributed by atoms with Crippen LogP contribution in [-0.2, 0) is 6.42 Å². The molecule has 0 spiro atoms. The SMILES string of the molecule is C1=Nc2ccc3ccccc3c2C1.O=[N+]([O-])O. The molecule has 5 heteroatoms. The zero-order chi connectivity index (χ0) is 12.3. The molecular formula is C12H10N2O3. The van der Waals surface area contributed by atoms with Gasteiger partial charge in [0.05, 0.1) is 5.69 Å². The minimum atomic E-state index is -1.50. The van der Waals surface area contributed by atoms with Gasteiger partial charge in [-0.2, -0.15) is 0 Å². The van der Waals surface area contributed by atoms with Gasteiger partial charge in [-0.25, -0.2) is 0 Å². The molecule has 1 N–H and O–H groups in total. The Bertz CT molecular complexity index is 589. The van der Waals surface area contributed by atoms with Gasteiger partial charge in [0.1, 0.15) is 0 Å². The number of hydrogen-bond donors (Lipinski definition) is 1. The standard InChI is InChI=1S/C12H9N.HNO3/c1-2-4-10-9(3-1)5-6-12-11(10)7-8-13-12;2-1(3)4/h1-6,8H,7H2;(H,2,3,4). The average molecular weight is 230 g/mol. The van der Waals surface area contributed by atoms with Crippen LogP contribution in [-0.4, -0.2) is 16.5 Å². The highest BCUT2D eigenvalue weighted by Crippen LogP contribution is 2.31. The molecule has 0 atom stereocenters. The lowest BCUT2D eigenvalue weighted by molar-refractivity contribution is -0.742. The summed E-state index contributed by atoms with van der Waals surface area (Å²) >= 11 is 0. The molecule has 1 heterocycles. The number of fused-ring (bicyclic) bond motifs is 3. The monoisotopic (exact) mass is 230 g/mol. The molecule has 2 aromatic carbocycles. The van der Waals surface area contributed by atoms with Gasteiger partial charge in [0.25, 0.3) is 5.09 Å². The second kappa shape index (κ2) is 4.61. The molecule has 0 unspecified atom stereocenters. The third-order valence-electron chi connectivity index (χ3n) is 2.54. The highest BCUT2D eigenvalue weighted by molar-refractivity contribution is 5.94. The van der Waals surface area contributed by atoms with Crippen LogP contribution in [0.5, 0.6) is 0 Å². The van der Waals surface area contributed by atoms with Crippen molar-refractivity contribution < 1.29 is 10.3 Å². The normalized spacial score (nSPS) is 11.8. The maximum absolute atomic E-state index is 8.36. The fourth-order valence-electron chi connectivity index (χ4n) is 1.90. The minimum absolute atomic E-state index is 0.983. The van der Waals surface area contributed by atoms with E-state index in [1.54, 1.807) is 0 Å². The van der Waals surface area contributed by atoms with Gasteiger partial charge in [0.2, 0.25) is 0 Å². The summed E-state index contributed by atoms with van der Waals surface area (Å²) in [4.78, 5) is 12.7. The molecule has 3 rings (SSSR count). The predicted molar refractivity (Wildman–Crippen MR) is 64.6 cm³/mol. The topological polar surface area (TPSA) is 75.7 Å². The van der Waals surface area contributed by atoms with Gasteiger partial charge in [-0.3, -0.25) is 4.99 Å². The summed E-state index contributed by atoms with van der Waals surface area (Å²) in [7, 11) is 0. The van der Waals surface area contributed by atoms with Gasteiger partial charge in [0, 0.05) is 12.6 Å². The summed E-state index contributed by atoms with van der Waals surface area (Å²) in [6, 6.07) is 12.7. The van der Waals surface area contributed by atoms with E-state index in [1.807, 2.05) is 6.21 Å². The Hall–Kier alpha value is -2.43. The summed E-state index contributed by atoms with van der Waals surface area (Å²) in [6.45, 7) is 0. The Morgan fingerprint density at radius 2 is 1.94 bits per heavy atom. The third-order valence-corrected chi connectivity index (χ3v) is 2.54. The van der Waals surface area contributed by atoms with Gasteiger partial charge >= 0.3 is 0 Å². The van der Waals surface area contributed by atoms with Crippen molar-refractivity contribution in [2.45, 2.75) is 6.42 Å². The second-order valence-corrected chi connectivity index (χ2v) is 3.54. The van der Waals surface area contributed by atoms with E-state index in [1.165, 1.54) is 16.3 Å². The summed E-state index contributed by atoms with van der Waals surface area (Å²) in [6.07, 6.45) is 2.97. The number of nitrogens with zero attached hydrogens (tertiary/aromatic N) is 2. The van der Waals surface area contributed by atoms with Crippen LogP contribution >= 0.6 is 0 Å². The van der Waals surface area contributed by atoms with Crippen LogP contribution in [0.4, 0.5) is 5.69 Å². The van der Waals surface area contributed by atoms with Gasteiger partial charge in [-0.15, -0.1) is 10.1 Å². The lowest BCUT2D eigenvalue weighted by atomic mass is 10.0. The maximum atomic E-state index is 8.36. The largest absolute Gasteiger partial charge is 0.328 e. The van der Waals surface area contributed by atoms with Crippen LogP contribution in [0.25, 0.3) is 10.8 Å². The van der Waals surface area contributed by atoms with Crippen molar-refractivity contribution in [1.29, 1.82) is 0 Å². The zero-order valence-electron chi connectivity index (χ0n) is 8.91. The first kappa shape index (κ1) is 11.1. The van der Waals surface area contributed by atoms with Crippen molar-refractivity contribution in [3.05, 3.63) is 52.1 Å². The first-order valence-electron chi connectivity index (χ1n) is 5.05. The van der Waals surface area contributed by atoms with E-state index < -0.39 is 5.09 Å². The van der Waals surface area contributed by atoms with E-state index in [-0.39, 0.29) is 0 Å². The molecule has 0 radical (unpaired) electrons. The molecule has 5 nitrogen and oxygen atoms in total. The Morgan fingerprint density at radius 1 is 1.24 bits per heavy atom. The van der Waals surface area contributed by atoms with Gasteiger partial charge in [-0.1, -0.05) is 30.3 Å². The number of rotatable bonds is 0. The highest BCUT2D eigenvalue weighted by atomic mass is 16.9. The minimum Gasteiger partial charge on any atom is -0.328 e. The second-order valence-electron chi connectivity index (χ2n) is 3.54. The van der Waals surface area contributed by atoms with Gasteiger partial charge in [0.15, 0.2) is 0 Å². The third kappa shape index (κ3) is 2.39. The number of aliphatic imine (C=N–C) groups is 1. The van der Waals surface area contributed by atoms with Crippen molar-refractivity contribution in [2.75, 3.05) is 0 Å². The van der Waals surface area contributed by atoms with Crippen molar-refractivity contribution in [2.24, 2.45) is 4.99 Å². The van der Waals surface area contributed by atoms with Crippen LogP contribution in [0.1, 0.15) is 5.56 Å². The predicted octanol–water partition coefficient (Wildman–Crippen LogP) is 2.75. The Labute approximate surface area is 97.1 Å². The molecule has 17 heavy (non-hydrogen) atoms. The van der Waals surface area contributed by atoms with Crippen molar-refractivity contribution in [3.8, 4) is 0 Å². The Balaban J connectivity index is 0.000000239.